The molecule has 3 N–H and O–H groups in total. The molecule has 0 radical (unpaired) electrons. The van der Waals surface area contributed by atoms with Crippen LogP contribution in [0.1, 0.15) is 24.8 Å². The Balaban J connectivity index is 2.69. The van der Waals surface area contributed by atoms with Gasteiger partial charge in [-0.3, -0.25) is 4.79 Å². The Labute approximate surface area is 130 Å². The minimum Gasteiger partial charge on any atom is -0.330 e. The average molecular weight is 333 g/mol. The average Bonchev–Trinajstić information content (AvgIpc) is 2.46. The van der Waals surface area contributed by atoms with Gasteiger partial charge in [-0.15, -0.1) is 11.6 Å². The lowest BCUT2D eigenvalue weighted by molar-refractivity contribution is -0.118. The summed E-state index contributed by atoms with van der Waals surface area (Å²) in [5.74, 6) is -0.678. The molecule has 0 unspecified atom stereocenters. The first-order valence-corrected chi connectivity index (χ1v) is 9.00. The highest BCUT2D eigenvalue weighted by atomic mass is 35.5. The van der Waals surface area contributed by atoms with Crippen molar-refractivity contribution >= 4 is 27.4 Å². The topological polar surface area (TPSA) is 89.3 Å². The van der Waals surface area contributed by atoms with Gasteiger partial charge in [-0.25, -0.2) is 13.1 Å². The highest BCUT2D eigenvalue weighted by Crippen LogP contribution is 2.09. The van der Waals surface area contributed by atoms with Crippen LogP contribution >= 0.6 is 11.6 Å². The molecule has 0 saturated carbocycles. The Kier molecular flexibility index (Phi) is 7.88. The van der Waals surface area contributed by atoms with Gasteiger partial charge in [0.15, 0.2) is 5.78 Å². The molecular weight excluding hydrogens is 312 g/mol. The predicted molar refractivity (Wildman–Crippen MR) is 84.6 cm³/mol. The van der Waals surface area contributed by atoms with Gasteiger partial charge in [-0.05, 0) is 24.9 Å². The quantitative estimate of drug-likeness (QED) is 0.501. The van der Waals surface area contributed by atoms with Crippen LogP contribution in [-0.2, 0) is 20.6 Å². The van der Waals surface area contributed by atoms with Crippen LogP contribution in [0.2, 0.25) is 0 Å². The minimum absolute atomic E-state index is 0.156. The monoisotopic (exact) mass is 332 g/mol. The van der Waals surface area contributed by atoms with Crippen LogP contribution in [-0.4, -0.2) is 32.7 Å². The summed E-state index contributed by atoms with van der Waals surface area (Å²) in [6, 6.07) is 8.04. The van der Waals surface area contributed by atoms with Gasteiger partial charge < -0.3 is 5.73 Å². The molecule has 5 nitrogen and oxygen atoms in total. The number of carbonyl (C=O) groups excluding carboxylic acids is 1. The standard InChI is InChI=1S/C14H21ClN2O3S/c15-10-14(18)13(8-4-5-9-16)17-21(19,20)11-12-6-2-1-3-7-12/h1-3,6-7,13,17H,4-5,8-11,16H2/t13-/m0/s1. The molecule has 1 atom stereocenters. The Bertz CT molecular complexity index is 534. The van der Waals surface area contributed by atoms with Gasteiger partial charge >= 0.3 is 0 Å². The Hall–Kier alpha value is -0.950. The van der Waals surface area contributed by atoms with Crippen molar-refractivity contribution in [3.8, 4) is 0 Å². The van der Waals surface area contributed by atoms with Crippen LogP contribution in [0, 0.1) is 0 Å². The fourth-order valence-electron chi connectivity index (χ4n) is 1.92. The van der Waals surface area contributed by atoms with Crippen molar-refractivity contribution < 1.29 is 13.2 Å². The van der Waals surface area contributed by atoms with Crippen LogP contribution in [0.4, 0.5) is 0 Å². The van der Waals surface area contributed by atoms with Gasteiger partial charge in [0.05, 0.1) is 17.7 Å². The largest absolute Gasteiger partial charge is 0.330 e. The molecule has 0 fully saturated rings. The van der Waals surface area contributed by atoms with E-state index in [-0.39, 0.29) is 17.4 Å². The van der Waals surface area contributed by atoms with E-state index in [1.165, 1.54) is 0 Å². The number of sulfonamides is 1. The minimum atomic E-state index is -3.59. The molecule has 7 heteroatoms. The maximum atomic E-state index is 12.1. The SMILES string of the molecule is NCCCC[C@H](NS(=O)(=O)Cc1ccccc1)C(=O)CCl. The molecule has 1 aromatic carbocycles. The number of hydrogen-bond acceptors (Lipinski definition) is 4. The summed E-state index contributed by atoms with van der Waals surface area (Å²) in [5.41, 5.74) is 6.07. The van der Waals surface area contributed by atoms with Crippen LogP contribution < -0.4 is 10.5 Å². The number of Topliss-reactive ketones (excluding diaryl/α,β-unsaturated/α-hetero) is 1. The molecule has 0 saturated heterocycles. The lowest BCUT2D eigenvalue weighted by atomic mass is 10.1. The van der Waals surface area contributed by atoms with Crippen molar-refractivity contribution in [2.24, 2.45) is 5.73 Å². The number of unbranched alkanes of at least 4 members (excludes halogenated alkanes) is 1. The van der Waals surface area contributed by atoms with E-state index in [0.717, 1.165) is 6.42 Å². The van der Waals surface area contributed by atoms with Crippen LogP contribution in [0.5, 0.6) is 0 Å². The van der Waals surface area contributed by atoms with Crippen molar-refractivity contribution in [1.82, 2.24) is 4.72 Å². The number of nitrogens with two attached hydrogens (primary N) is 1. The zero-order chi connectivity index (χ0) is 15.7. The van der Waals surface area contributed by atoms with E-state index in [4.69, 9.17) is 17.3 Å². The first kappa shape index (κ1) is 18.1. The predicted octanol–water partition coefficient (Wildman–Crippen LogP) is 1.41. The van der Waals surface area contributed by atoms with E-state index < -0.39 is 16.1 Å². The summed E-state index contributed by atoms with van der Waals surface area (Å²) in [5, 5.41) is 0. The highest BCUT2D eigenvalue weighted by molar-refractivity contribution is 7.88. The molecular formula is C14H21ClN2O3S. The Morgan fingerprint density at radius 2 is 1.90 bits per heavy atom. The molecule has 0 aliphatic carbocycles. The molecule has 0 aliphatic rings. The third-order valence-electron chi connectivity index (χ3n) is 2.99. The molecule has 0 aromatic heterocycles. The van der Waals surface area contributed by atoms with Gasteiger partial charge in [-0.1, -0.05) is 36.8 Å². The Morgan fingerprint density at radius 3 is 2.48 bits per heavy atom. The summed E-state index contributed by atoms with van der Waals surface area (Å²) in [4.78, 5) is 11.7. The smallest absolute Gasteiger partial charge is 0.216 e. The summed E-state index contributed by atoms with van der Waals surface area (Å²) in [7, 11) is -3.59. The second-order valence-electron chi connectivity index (χ2n) is 4.80. The van der Waals surface area contributed by atoms with E-state index >= 15 is 0 Å². The van der Waals surface area contributed by atoms with Crippen molar-refractivity contribution in [3.63, 3.8) is 0 Å². The van der Waals surface area contributed by atoms with E-state index in [1.807, 2.05) is 6.07 Å². The Morgan fingerprint density at radius 1 is 1.24 bits per heavy atom. The zero-order valence-corrected chi connectivity index (χ0v) is 13.4. The normalized spacial score (nSPS) is 13.0. The molecule has 0 bridgehead atoms. The van der Waals surface area contributed by atoms with Crippen LogP contribution in [0.3, 0.4) is 0 Å². The molecule has 0 aliphatic heterocycles. The van der Waals surface area contributed by atoms with Gasteiger partial charge in [0.2, 0.25) is 10.0 Å². The molecule has 0 amide bonds. The number of hydrogen-bond donors (Lipinski definition) is 2. The number of alkyl halides is 1. The number of nitrogens with one attached hydrogen (secondary N) is 1. The van der Waals surface area contributed by atoms with Gasteiger partial charge in [0.25, 0.3) is 0 Å². The number of ketones is 1. The van der Waals surface area contributed by atoms with Crippen LogP contribution in [0.15, 0.2) is 30.3 Å². The molecule has 0 spiro atoms. The van der Waals surface area contributed by atoms with Crippen molar-refractivity contribution in [1.29, 1.82) is 0 Å². The molecule has 1 rings (SSSR count). The first-order valence-electron chi connectivity index (χ1n) is 6.81. The van der Waals surface area contributed by atoms with Gasteiger partial charge in [0, 0.05) is 0 Å². The summed E-state index contributed by atoms with van der Waals surface area (Å²) >= 11 is 5.54. The lowest BCUT2D eigenvalue weighted by Gasteiger charge is -2.16. The van der Waals surface area contributed by atoms with Crippen LogP contribution in [0.25, 0.3) is 0 Å². The molecule has 0 heterocycles. The van der Waals surface area contributed by atoms with E-state index in [9.17, 15) is 13.2 Å². The second kappa shape index (κ2) is 9.15. The third-order valence-corrected chi connectivity index (χ3v) is 4.61. The van der Waals surface area contributed by atoms with Crippen molar-refractivity contribution in [3.05, 3.63) is 35.9 Å². The van der Waals surface area contributed by atoms with Crippen molar-refractivity contribution in [2.45, 2.75) is 31.1 Å². The van der Waals surface area contributed by atoms with E-state index in [2.05, 4.69) is 4.72 Å². The van der Waals surface area contributed by atoms with Crippen molar-refractivity contribution in [2.75, 3.05) is 12.4 Å². The third kappa shape index (κ3) is 7.04. The van der Waals surface area contributed by atoms with Gasteiger partial charge in [0.1, 0.15) is 0 Å². The maximum Gasteiger partial charge on any atom is 0.216 e. The summed E-state index contributed by atoms with van der Waals surface area (Å²) < 4.78 is 26.7. The van der Waals surface area contributed by atoms with Gasteiger partial charge in [-0.2, -0.15) is 0 Å². The lowest BCUT2D eigenvalue weighted by Crippen LogP contribution is -2.42. The summed E-state index contributed by atoms with van der Waals surface area (Å²) in [6.07, 6.45) is 1.83. The fraction of sp³-hybridized carbons (Fsp3) is 0.500. The molecule has 118 valence electrons. The molecule has 21 heavy (non-hydrogen) atoms. The number of halogens is 1. The summed E-state index contributed by atoms with van der Waals surface area (Å²) in [6.45, 7) is 0.512. The maximum absolute atomic E-state index is 12.1. The molecule has 1 aromatic rings. The first-order chi connectivity index (χ1) is 9.98. The van der Waals surface area contributed by atoms with E-state index in [1.54, 1.807) is 24.3 Å². The zero-order valence-electron chi connectivity index (χ0n) is 11.8. The second-order valence-corrected chi connectivity index (χ2v) is 6.82. The fourth-order valence-corrected chi connectivity index (χ4v) is 3.51. The number of benzene rings is 1. The number of carbonyl (C=O) groups is 1. The number of rotatable bonds is 10. The highest BCUT2D eigenvalue weighted by Gasteiger charge is 2.23. The van der Waals surface area contributed by atoms with E-state index in [0.29, 0.717) is 24.9 Å².